The molecule has 4 heteroatoms. The van der Waals surface area contributed by atoms with Gasteiger partial charge in [0.25, 0.3) is 0 Å². The molecule has 0 aromatic heterocycles. The second kappa shape index (κ2) is 8.16. The van der Waals surface area contributed by atoms with Crippen LogP contribution in [0.25, 0.3) is 0 Å². The van der Waals surface area contributed by atoms with E-state index in [1.165, 1.54) is 30.4 Å². The molecule has 0 bridgehead atoms. The molecule has 21 heavy (non-hydrogen) atoms. The molecule has 1 aromatic rings. The first-order valence-electron chi connectivity index (χ1n) is 8.09. The summed E-state index contributed by atoms with van der Waals surface area (Å²) in [6, 6.07) is 4.66. The molecule has 0 aliphatic carbocycles. The second-order valence-electron chi connectivity index (χ2n) is 5.94. The number of nitrogens with one attached hydrogen (secondary N) is 1. The van der Waals surface area contributed by atoms with Gasteiger partial charge in [0.05, 0.1) is 6.61 Å². The molecule has 1 aliphatic heterocycles. The lowest BCUT2D eigenvalue weighted by Gasteiger charge is -2.26. The highest BCUT2D eigenvalue weighted by atomic mass is 79.9. The Balaban J connectivity index is 2.14. The minimum absolute atomic E-state index is 0.309. The lowest BCUT2D eigenvalue weighted by atomic mass is 9.87. The fourth-order valence-corrected chi connectivity index (χ4v) is 3.81. The molecule has 3 N–H and O–H groups in total. The van der Waals surface area contributed by atoms with Crippen molar-refractivity contribution < 1.29 is 4.74 Å². The number of ether oxygens (including phenoxy) is 1. The van der Waals surface area contributed by atoms with Gasteiger partial charge in [-0.25, -0.2) is 0 Å². The van der Waals surface area contributed by atoms with Crippen molar-refractivity contribution in [1.82, 2.24) is 5.43 Å². The number of hydrogen-bond donors (Lipinski definition) is 2. The standard InChI is InChI=1S/C17H27BrN2O/c1-3-5-6-12(4-2)16(20-19)11-14-10-15(18)9-13-7-8-21-17(13)14/h9-10,12,16,20H,3-8,11,19H2,1-2H3. The highest BCUT2D eigenvalue weighted by Crippen LogP contribution is 2.34. The average molecular weight is 355 g/mol. The molecule has 0 saturated heterocycles. The summed E-state index contributed by atoms with van der Waals surface area (Å²) in [7, 11) is 0. The van der Waals surface area contributed by atoms with Crippen LogP contribution >= 0.6 is 15.9 Å². The molecule has 118 valence electrons. The van der Waals surface area contributed by atoms with E-state index in [1.807, 2.05) is 0 Å². The number of unbranched alkanes of at least 4 members (excludes halogenated alkanes) is 1. The van der Waals surface area contributed by atoms with Crippen LogP contribution < -0.4 is 16.0 Å². The molecule has 2 unspecified atom stereocenters. The minimum Gasteiger partial charge on any atom is -0.493 e. The monoisotopic (exact) mass is 354 g/mol. The molecule has 0 fully saturated rings. The van der Waals surface area contributed by atoms with E-state index in [-0.39, 0.29) is 0 Å². The van der Waals surface area contributed by atoms with Crippen molar-refractivity contribution in [3.63, 3.8) is 0 Å². The molecule has 0 amide bonds. The Morgan fingerprint density at radius 2 is 2.19 bits per heavy atom. The number of halogens is 1. The molecule has 2 rings (SSSR count). The maximum atomic E-state index is 5.85. The predicted molar refractivity (Wildman–Crippen MR) is 91.5 cm³/mol. The first-order chi connectivity index (χ1) is 10.2. The summed E-state index contributed by atoms with van der Waals surface area (Å²) in [6.45, 7) is 5.30. The van der Waals surface area contributed by atoms with Crippen LogP contribution in [0.3, 0.4) is 0 Å². The summed E-state index contributed by atoms with van der Waals surface area (Å²) in [5, 5.41) is 0. The summed E-state index contributed by atoms with van der Waals surface area (Å²) in [4.78, 5) is 0. The maximum absolute atomic E-state index is 5.85. The van der Waals surface area contributed by atoms with Gasteiger partial charge in [-0.3, -0.25) is 11.3 Å². The smallest absolute Gasteiger partial charge is 0.125 e. The third-order valence-electron chi connectivity index (χ3n) is 4.50. The van der Waals surface area contributed by atoms with Gasteiger partial charge in [-0.2, -0.15) is 0 Å². The zero-order chi connectivity index (χ0) is 15.2. The third-order valence-corrected chi connectivity index (χ3v) is 4.96. The van der Waals surface area contributed by atoms with E-state index in [1.54, 1.807) is 0 Å². The van der Waals surface area contributed by atoms with Crippen molar-refractivity contribution in [3.05, 3.63) is 27.7 Å². The normalized spacial score (nSPS) is 16.4. The lowest BCUT2D eigenvalue weighted by molar-refractivity contribution is 0.311. The maximum Gasteiger partial charge on any atom is 0.125 e. The van der Waals surface area contributed by atoms with E-state index >= 15 is 0 Å². The van der Waals surface area contributed by atoms with Crippen molar-refractivity contribution >= 4 is 15.9 Å². The van der Waals surface area contributed by atoms with E-state index in [0.29, 0.717) is 12.0 Å². The first-order valence-corrected chi connectivity index (χ1v) is 8.89. The SMILES string of the molecule is CCCCC(CC)C(Cc1cc(Br)cc2c1OCC2)NN. The van der Waals surface area contributed by atoms with Crippen LogP contribution in [0.2, 0.25) is 0 Å². The molecular weight excluding hydrogens is 328 g/mol. The number of nitrogens with two attached hydrogens (primary N) is 1. The number of rotatable bonds is 8. The molecule has 3 nitrogen and oxygen atoms in total. The largest absolute Gasteiger partial charge is 0.493 e. The molecule has 1 aromatic carbocycles. The fraction of sp³-hybridized carbons (Fsp3) is 0.647. The van der Waals surface area contributed by atoms with E-state index in [0.717, 1.165) is 36.1 Å². The topological polar surface area (TPSA) is 47.3 Å². The zero-order valence-electron chi connectivity index (χ0n) is 13.1. The predicted octanol–water partition coefficient (Wildman–Crippen LogP) is 3.97. The quantitative estimate of drug-likeness (QED) is 0.548. The van der Waals surface area contributed by atoms with Gasteiger partial charge >= 0.3 is 0 Å². The first kappa shape index (κ1) is 16.8. The molecule has 0 saturated carbocycles. The van der Waals surface area contributed by atoms with E-state index in [9.17, 15) is 0 Å². The Labute approximate surface area is 136 Å². The molecule has 0 radical (unpaired) electrons. The molecule has 1 aliphatic rings. The van der Waals surface area contributed by atoms with Gasteiger partial charge in [0.2, 0.25) is 0 Å². The van der Waals surface area contributed by atoms with Gasteiger partial charge in [-0.05, 0) is 42.0 Å². The Bertz CT molecular complexity index is 464. The van der Waals surface area contributed by atoms with Crippen molar-refractivity contribution in [3.8, 4) is 5.75 Å². The Morgan fingerprint density at radius 3 is 2.86 bits per heavy atom. The van der Waals surface area contributed by atoms with Crippen LogP contribution in [-0.2, 0) is 12.8 Å². The highest BCUT2D eigenvalue weighted by Gasteiger charge is 2.23. The van der Waals surface area contributed by atoms with Crippen molar-refractivity contribution in [2.24, 2.45) is 11.8 Å². The van der Waals surface area contributed by atoms with Crippen molar-refractivity contribution in [1.29, 1.82) is 0 Å². The number of fused-ring (bicyclic) bond motifs is 1. The minimum atomic E-state index is 0.309. The van der Waals surface area contributed by atoms with Gasteiger partial charge in [0.1, 0.15) is 5.75 Å². The zero-order valence-corrected chi connectivity index (χ0v) is 14.7. The van der Waals surface area contributed by atoms with Crippen LogP contribution in [0.5, 0.6) is 5.75 Å². The number of hydrogen-bond acceptors (Lipinski definition) is 3. The molecule has 2 atom stereocenters. The van der Waals surface area contributed by atoms with Gasteiger partial charge in [0, 0.05) is 16.9 Å². The van der Waals surface area contributed by atoms with Crippen molar-refractivity contribution in [2.75, 3.05) is 6.61 Å². The molecular formula is C17H27BrN2O. The molecule has 1 heterocycles. The summed E-state index contributed by atoms with van der Waals surface area (Å²) in [5.41, 5.74) is 5.64. The summed E-state index contributed by atoms with van der Waals surface area (Å²) >= 11 is 3.62. The van der Waals surface area contributed by atoms with Gasteiger partial charge in [-0.1, -0.05) is 49.0 Å². The summed E-state index contributed by atoms with van der Waals surface area (Å²) in [6.07, 6.45) is 6.84. The van der Waals surface area contributed by atoms with Crippen LogP contribution in [0.1, 0.15) is 50.7 Å². The summed E-state index contributed by atoms with van der Waals surface area (Å²) < 4.78 is 6.97. The second-order valence-corrected chi connectivity index (χ2v) is 6.86. The fourth-order valence-electron chi connectivity index (χ4n) is 3.25. The molecule has 0 spiro atoms. The highest BCUT2D eigenvalue weighted by molar-refractivity contribution is 9.10. The van der Waals surface area contributed by atoms with Crippen LogP contribution in [0, 0.1) is 5.92 Å². The van der Waals surface area contributed by atoms with Gasteiger partial charge in [0.15, 0.2) is 0 Å². The Morgan fingerprint density at radius 1 is 1.38 bits per heavy atom. The van der Waals surface area contributed by atoms with Crippen LogP contribution in [-0.4, -0.2) is 12.6 Å². The Hall–Kier alpha value is -0.580. The van der Waals surface area contributed by atoms with E-state index in [2.05, 4.69) is 47.3 Å². The Kier molecular flexibility index (Phi) is 6.52. The number of benzene rings is 1. The van der Waals surface area contributed by atoms with Gasteiger partial charge in [-0.15, -0.1) is 0 Å². The number of hydrazine groups is 1. The van der Waals surface area contributed by atoms with E-state index < -0.39 is 0 Å². The van der Waals surface area contributed by atoms with Crippen LogP contribution in [0.4, 0.5) is 0 Å². The third kappa shape index (κ3) is 4.21. The lowest BCUT2D eigenvalue weighted by Crippen LogP contribution is -2.42. The summed E-state index contributed by atoms with van der Waals surface area (Å²) in [5.74, 6) is 7.55. The van der Waals surface area contributed by atoms with Crippen LogP contribution in [0.15, 0.2) is 16.6 Å². The van der Waals surface area contributed by atoms with Gasteiger partial charge < -0.3 is 4.74 Å². The van der Waals surface area contributed by atoms with Crippen molar-refractivity contribution in [2.45, 2.75) is 58.4 Å². The average Bonchev–Trinajstić information content (AvgIpc) is 2.94. The van der Waals surface area contributed by atoms with E-state index in [4.69, 9.17) is 10.6 Å².